The van der Waals surface area contributed by atoms with Crippen LogP contribution in [-0.4, -0.2) is 42.5 Å². The maximum atomic E-state index is 11.6. The third-order valence-electron chi connectivity index (χ3n) is 1.77. The molecule has 0 bridgehead atoms. The molecule has 0 aromatic heterocycles. The molecule has 0 saturated carbocycles. The van der Waals surface area contributed by atoms with Gasteiger partial charge in [-0.1, -0.05) is 11.6 Å². The highest BCUT2D eigenvalue weighted by Gasteiger charge is 2.26. The van der Waals surface area contributed by atoms with Crippen molar-refractivity contribution in [2.75, 3.05) is 12.7 Å². The highest BCUT2D eigenvalue weighted by molar-refractivity contribution is 6.17. The summed E-state index contributed by atoms with van der Waals surface area (Å²) in [6, 6.07) is -1.23. The molecule has 0 aromatic carbocycles. The minimum atomic E-state index is -0.948. The van der Waals surface area contributed by atoms with Gasteiger partial charge in [0.05, 0.1) is 12.7 Å². The summed E-state index contributed by atoms with van der Waals surface area (Å²) < 4.78 is 15.0. The summed E-state index contributed by atoms with van der Waals surface area (Å²) >= 11 is 5.32. The van der Waals surface area contributed by atoms with E-state index in [4.69, 9.17) is 21.1 Å². The molecule has 19 heavy (non-hydrogen) atoms. The average molecular weight is 296 g/mol. The largest absolute Gasteiger partial charge is 0.448 e. The zero-order valence-electron chi connectivity index (χ0n) is 12.0. The highest BCUT2D eigenvalue weighted by Crippen LogP contribution is 2.07. The Balaban J connectivity index is 4.48. The molecule has 0 aromatic rings. The normalized spacial score (nSPS) is 13.0. The number of ether oxygens (including phenoxy) is 3. The molecule has 0 fully saturated rings. The van der Waals surface area contributed by atoms with Crippen molar-refractivity contribution in [2.45, 2.75) is 52.4 Å². The number of esters is 1. The Morgan fingerprint density at radius 2 is 1.84 bits per heavy atom. The van der Waals surface area contributed by atoms with Gasteiger partial charge in [-0.05, 0) is 34.6 Å². The van der Waals surface area contributed by atoms with Crippen molar-refractivity contribution in [1.82, 2.24) is 5.32 Å². The molecule has 0 heterocycles. The van der Waals surface area contributed by atoms with Gasteiger partial charge < -0.3 is 19.5 Å². The lowest BCUT2D eigenvalue weighted by Crippen LogP contribution is -2.47. The predicted octanol–water partition coefficient (Wildman–Crippen LogP) is 2.04. The number of hydrogen-bond donors (Lipinski definition) is 1. The van der Waals surface area contributed by atoms with Crippen molar-refractivity contribution in [1.29, 1.82) is 0 Å². The van der Waals surface area contributed by atoms with Crippen LogP contribution in [0.1, 0.15) is 34.6 Å². The summed E-state index contributed by atoms with van der Waals surface area (Å²) in [7, 11) is 0. The molecule has 0 aliphatic carbocycles. The van der Waals surface area contributed by atoms with Crippen molar-refractivity contribution in [2.24, 2.45) is 0 Å². The summed E-state index contributed by atoms with van der Waals surface area (Å²) in [5.41, 5.74) is -0.649. The first kappa shape index (κ1) is 18.0. The fourth-order valence-corrected chi connectivity index (χ4v) is 1.17. The second-order valence-electron chi connectivity index (χ2n) is 5.15. The van der Waals surface area contributed by atoms with E-state index in [1.165, 1.54) is 0 Å². The number of carbonyl (C=O) groups excluding carboxylic acids is 2. The summed E-state index contributed by atoms with van der Waals surface area (Å²) in [4.78, 5) is 23.2. The number of nitrogens with one attached hydrogen (secondary N) is 1. The van der Waals surface area contributed by atoms with E-state index in [1.807, 2.05) is 13.8 Å². The van der Waals surface area contributed by atoms with Gasteiger partial charge in [-0.3, -0.25) is 0 Å². The van der Waals surface area contributed by atoms with Crippen LogP contribution in [-0.2, 0) is 19.0 Å². The number of alkyl carbamates (subject to hydrolysis) is 1. The van der Waals surface area contributed by atoms with Crippen molar-refractivity contribution >= 4 is 23.7 Å². The topological polar surface area (TPSA) is 73.9 Å². The molecule has 0 radical (unpaired) electrons. The maximum absolute atomic E-state index is 11.6. The van der Waals surface area contributed by atoms with Gasteiger partial charge >= 0.3 is 12.1 Å². The molecular weight excluding hydrogens is 274 g/mol. The molecule has 6 nitrogen and oxygen atoms in total. The Bertz CT molecular complexity index is 301. The molecule has 0 spiro atoms. The van der Waals surface area contributed by atoms with E-state index in [1.54, 1.807) is 20.8 Å². The van der Waals surface area contributed by atoms with Gasteiger partial charge in [0.2, 0.25) is 0 Å². The van der Waals surface area contributed by atoms with Gasteiger partial charge in [0.1, 0.15) is 5.60 Å². The first-order chi connectivity index (χ1) is 8.65. The molecule has 1 atom stereocenters. The Kier molecular flexibility index (Phi) is 7.78. The van der Waals surface area contributed by atoms with Gasteiger partial charge in [-0.25, -0.2) is 9.59 Å². The minimum absolute atomic E-state index is 0.00731. The van der Waals surface area contributed by atoms with Crippen LogP contribution in [0.3, 0.4) is 0 Å². The van der Waals surface area contributed by atoms with Crippen LogP contribution < -0.4 is 5.32 Å². The molecule has 0 unspecified atom stereocenters. The smallest absolute Gasteiger partial charge is 0.408 e. The second-order valence-corrected chi connectivity index (χ2v) is 5.37. The Morgan fingerprint density at radius 1 is 1.26 bits per heavy atom. The highest BCUT2D eigenvalue weighted by atomic mass is 35.5. The van der Waals surface area contributed by atoms with E-state index in [9.17, 15) is 9.59 Å². The van der Waals surface area contributed by atoms with Crippen molar-refractivity contribution < 1.29 is 23.8 Å². The van der Waals surface area contributed by atoms with Crippen molar-refractivity contribution in [3.05, 3.63) is 0 Å². The van der Waals surface area contributed by atoms with E-state index in [2.05, 4.69) is 10.1 Å². The lowest BCUT2D eigenvalue weighted by Gasteiger charge is -2.23. The molecule has 0 rings (SSSR count). The van der Waals surface area contributed by atoms with E-state index in [-0.39, 0.29) is 18.8 Å². The standard InChI is InChI=1S/C12H22ClNO5/c1-8(2)17-6-9(10(15)18-7-13)14-11(16)19-12(3,4)5/h8-9H,6-7H2,1-5H3,(H,14,16)/t9-/m0/s1. The summed E-state index contributed by atoms with van der Waals surface area (Å²) in [6.45, 7) is 8.80. The van der Waals surface area contributed by atoms with Crippen LogP contribution in [0.15, 0.2) is 0 Å². The van der Waals surface area contributed by atoms with E-state index >= 15 is 0 Å². The number of rotatable bonds is 6. The number of amides is 1. The quantitative estimate of drug-likeness (QED) is 0.599. The number of halogens is 1. The number of alkyl halides is 1. The Hall–Kier alpha value is -1.01. The predicted molar refractivity (Wildman–Crippen MR) is 71.1 cm³/mol. The molecular formula is C12H22ClNO5. The third kappa shape index (κ3) is 9.55. The van der Waals surface area contributed by atoms with Gasteiger partial charge in [-0.15, -0.1) is 0 Å². The van der Waals surface area contributed by atoms with Crippen LogP contribution in [0.5, 0.6) is 0 Å². The van der Waals surface area contributed by atoms with Gasteiger partial charge in [-0.2, -0.15) is 0 Å². The summed E-state index contributed by atoms with van der Waals surface area (Å²) in [5.74, 6) is -0.665. The van der Waals surface area contributed by atoms with Crippen LogP contribution in [0.2, 0.25) is 0 Å². The molecule has 0 saturated heterocycles. The summed E-state index contributed by atoms with van der Waals surface area (Å²) in [6.07, 6.45) is -0.789. The SMILES string of the molecule is CC(C)OC[C@H](NC(=O)OC(C)(C)C)C(=O)OCCl. The van der Waals surface area contributed by atoms with Gasteiger partial charge in [0.15, 0.2) is 12.1 Å². The van der Waals surface area contributed by atoms with Gasteiger partial charge in [0, 0.05) is 0 Å². The fourth-order valence-electron chi connectivity index (χ4n) is 1.06. The van der Waals surface area contributed by atoms with Crippen LogP contribution in [0.4, 0.5) is 4.79 Å². The Morgan fingerprint density at radius 3 is 2.26 bits per heavy atom. The lowest BCUT2D eigenvalue weighted by molar-refractivity contribution is -0.146. The minimum Gasteiger partial charge on any atom is -0.448 e. The van der Waals surface area contributed by atoms with E-state index < -0.39 is 23.7 Å². The van der Waals surface area contributed by atoms with Crippen LogP contribution >= 0.6 is 11.6 Å². The maximum Gasteiger partial charge on any atom is 0.408 e. The fraction of sp³-hybridized carbons (Fsp3) is 0.833. The molecule has 112 valence electrons. The van der Waals surface area contributed by atoms with E-state index in [0.717, 1.165) is 0 Å². The van der Waals surface area contributed by atoms with Crippen LogP contribution in [0, 0.1) is 0 Å². The Labute approximate surface area is 118 Å². The van der Waals surface area contributed by atoms with Gasteiger partial charge in [0.25, 0.3) is 0 Å². The first-order valence-corrected chi connectivity index (χ1v) is 6.53. The van der Waals surface area contributed by atoms with Crippen molar-refractivity contribution in [3.8, 4) is 0 Å². The molecule has 0 aliphatic rings. The first-order valence-electron chi connectivity index (χ1n) is 5.99. The third-order valence-corrected chi connectivity index (χ3v) is 1.88. The number of hydrogen-bond acceptors (Lipinski definition) is 5. The second kappa shape index (κ2) is 8.22. The zero-order chi connectivity index (χ0) is 15.1. The lowest BCUT2D eigenvalue weighted by atomic mass is 10.2. The molecule has 0 aliphatic heterocycles. The van der Waals surface area contributed by atoms with E-state index in [0.29, 0.717) is 0 Å². The summed E-state index contributed by atoms with van der Waals surface area (Å²) in [5, 5.41) is 2.39. The number of carbonyl (C=O) groups is 2. The molecule has 1 N–H and O–H groups in total. The monoisotopic (exact) mass is 295 g/mol. The zero-order valence-corrected chi connectivity index (χ0v) is 12.7. The molecule has 7 heteroatoms. The molecule has 1 amide bonds. The van der Waals surface area contributed by atoms with Crippen molar-refractivity contribution in [3.63, 3.8) is 0 Å². The van der Waals surface area contributed by atoms with Crippen LogP contribution in [0.25, 0.3) is 0 Å². The average Bonchev–Trinajstić information content (AvgIpc) is 2.21.